The molecule has 1 aliphatic rings. The second-order valence-corrected chi connectivity index (χ2v) is 12.5. The van der Waals surface area contributed by atoms with Gasteiger partial charge in [0.05, 0.1) is 12.6 Å². The van der Waals surface area contributed by atoms with Crippen molar-refractivity contribution in [2.75, 3.05) is 19.6 Å². The van der Waals surface area contributed by atoms with Gasteiger partial charge < -0.3 is 30.7 Å². The first kappa shape index (κ1) is 36.1. The number of benzene rings is 1. The second kappa shape index (κ2) is 16.9. The third-order valence-electron chi connectivity index (χ3n) is 7.61. The molecule has 3 aromatic rings. The van der Waals surface area contributed by atoms with Crippen LogP contribution in [0, 0.1) is 5.92 Å². The lowest BCUT2D eigenvalue weighted by atomic mass is 10.0. The average molecular weight is 684 g/mol. The zero-order valence-electron chi connectivity index (χ0n) is 27.5. The molecular weight excluding hydrogens is 642 g/mol. The van der Waals surface area contributed by atoms with Crippen LogP contribution in [0.15, 0.2) is 40.9 Å². The van der Waals surface area contributed by atoms with E-state index >= 15 is 0 Å². The number of nitrogens with zero attached hydrogens (tertiary/aromatic N) is 5. The van der Waals surface area contributed by atoms with E-state index < -0.39 is 35.8 Å². The summed E-state index contributed by atoms with van der Waals surface area (Å²) in [6.07, 6.45) is 0.908. The third kappa shape index (κ3) is 10.4. The van der Waals surface area contributed by atoms with E-state index in [0.717, 1.165) is 5.56 Å². The molecule has 48 heavy (non-hydrogen) atoms. The smallest absolute Gasteiger partial charge is 0.243 e. The molecule has 15 nitrogen and oxygen atoms in total. The van der Waals surface area contributed by atoms with Crippen LogP contribution >= 0.6 is 11.6 Å². The zero-order valence-corrected chi connectivity index (χ0v) is 28.2. The van der Waals surface area contributed by atoms with Crippen LogP contribution in [-0.4, -0.2) is 86.1 Å². The number of hydrogen-bond acceptors (Lipinski definition) is 9. The van der Waals surface area contributed by atoms with Crippen LogP contribution in [0.2, 0.25) is 5.15 Å². The highest BCUT2D eigenvalue weighted by atomic mass is 35.5. The highest BCUT2D eigenvalue weighted by Gasteiger charge is 2.29. The monoisotopic (exact) mass is 683 g/mol. The second-order valence-electron chi connectivity index (χ2n) is 12.2. The van der Waals surface area contributed by atoms with Gasteiger partial charge in [-0.3, -0.25) is 24.0 Å². The summed E-state index contributed by atoms with van der Waals surface area (Å²) < 4.78 is 6.53. The molecule has 3 heterocycles. The predicted molar refractivity (Wildman–Crippen MR) is 175 cm³/mol. The van der Waals surface area contributed by atoms with Gasteiger partial charge >= 0.3 is 0 Å². The lowest BCUT2D eigenvalue weighted by Gasteiger charge is -2.25. The Hall–Kier alpha value is -4.79. The highest BCUT2D eigenvalue weighted by molar-refractivity contribution is 6.29. The van der Waals surface area contributed by atoms with Crippen LogP contribution in [0.4, 0.5) is 0 Å². The van der Waals surface area contributed by atoms with Crippen molar-refractivity contribution in [1.82, 2.24) is 46.1 Å². The molecule has 0 fully saturated rings. The number of amides is 5. The van der Waals surface area contributed by atoms with Gasteiger partial charge in [-0.15, -0.1) is 0 Å². The number of nitrogens with one attached hydrogen (secondary N) is 4. The molecule has 0 saturated heterocycles. The van der Waals surface area contributed by atoms with Crippen LogP contribution < -0.4 is 21.3 Å². The topological polar surface area (TPSA) is 193 Å². The molecular formula is C32H42ClN9O6. The Labute approximate surface area is 283 Å². The normalized spacial score (nSPS) is 20.5. The molecule has 5 amide bonds. The van der Waals surface area contributed by atoms with Crippen molar-refractivity contribution in [2.45, 2.75) is 78.0 Å². The summed E-state index contributed by atoms with van der Waals surface area (Å²) in [6.45, 7) is 6.95. The minimum absolute atomic E-state index is 0.0181. The van der Waals surface area contributed by atoms with Crippen LogP contribution in [0.5, 0.6) is 0 Å². The summed E-state index contributed by atoms with van der Waals surface area (Å²) in [4.78, 5) is 72.0. The maximum atomic E-state index is 13.5. The molecule has 0 aliphatic carbocycles. The molecule has 3 atom stereocenters. The first-order chi connectivity index (χ1) is 22.9. The minimum atomic E-state index is -0.997. The molecule has 0 radical (unpaired) electrons. The molecule has 258 valence electrons. The molecule has 16 heteroatoms. The maximum Gasteiger partial charge on any atom is 0.243 e. The van der Waals surface area contributed by atoms with Gasteiger partial charge in [0.2, 0.25) is 29.5 Å². The van der Waals surface area contributed by atoms with Crippen LogP contribution in [-0.2, 0) is 36.9 Å². The molecule has 0 saturated carbocycles. The quantitative estimate of drug-likeness (QED) is 0.300. The van der Waals surface area contributed by atoms with Crippen molar-refractivity contribution < 1.29 is 28.5 Å². The van der Waals surface area contributed by atoms with E-state index in [1.807, 2.05) is 44.2 Å². The minimum Gasteiger partial charge on any atom is -0.360 e. The molecule has 0 bridgehead atoms. The van der Waals surface area contributed by atoms with Crippen LogP contribution in [0.3, 0.4) is 0 Å². The van der Waals surface area contributed by atoms with E-state index in [-0.39, 0.29) is 61.9 Å². The van der Waals surface area contributed by atoms with Gasteiger partial charge in [0.15, 0.2) is 11.0 Å². The largest absolute Gasteiger partial charge is 0.360 e. The third-order valence-corrected chi connectivity index (χ3v) is 7.79. The fourth-order valence-corrected chi connectivity index (χ4v) is 5.34. The summed E-state index contributed by atoms with van der Waals surface area (Å²) >= 11 is 5.81. The Morgan fingerprint density at radius 3 is 2.44 bits per heavy atom. The molecule has 4 rings (SSSR count). The number of rotatable bonds is 6. The number of halogens is 1. The van der Waals surface area contributed by atoms with Gasteiger partial charge in [0.1, 0.15) is 30.2 Å². The number of fused-ring (bicyclic) bond motifs is 1. The summed E-state index contributed by atoms with van der Waals surface area (Å²) in [5.41, 5.74) is 0.739. The van der Waals surface area contributed by atoms with Crippen molar-refractivity contribution in [3.63, 3.8) is 0 Å². The zero-order chi connectivity index (χ0) is 34.8. The van der Waals surface area contributed by atoms with E-state index in [4.69, 9.17) is 16.1 Å². The standard InChI is InChI=1S/C32H42ClN9O6/c1-19(2)15-24-32(47)36-20(3)30-38-29(22-9-6-5-7-10-22)39-42(30)18-26(43)34-13-8-14-41(17-27(44)35-21(4)31(46)37-24)28(45)12-11-23-16-25(33)40-48-23/h5-7,9-10,16,19-21,24H,8,11-15,17-18H2,1-4H3,(H,34,43)(H,35,44)(H,36,47)(H,37,46)/t20-,21+,24+/m0/s1. The molecule has 1 aliphatic heterocycles. The summed E-state index contributed by atoms with van der Waals surface area (Å²) in [7, 11) is 0. The van der Waals surface area contributed by atoms with Gasteiger partial charge in [0, 0.05) is 37.6 Å². The molecule has 0 unspecified atom stereocenters. The first-order valence-corrected chi connectivity index (χ1v) is 16.3. The van der Waals surface area contributed by atoms with E-state index in [1.54, 1.807) is 6.92 Å². The lowest BCUT2D eigenvalue weighted by Crippen LogP contribution is -2.54. The predicted octanol–water partition coefficient (Wildman–Crippen LogP) is 1.78. The molecule has 2 aromatic heterocycles. The Morgan fingerprint density at radius 2 is 1.75 bits per heavy atom. The van der Waals surface area contributed by atoms with E-state index in [0.29, 0.717) is 30.3 Å². The Kier molecular flexibility index (Phi) is 12.7. The van der Waals surface area contributed by atoms with Crippen molar-refractivity contribution in [1.29, 1.82) is 0 Å². The van der Waals surface area contributed by atoms with Crippen molar-refractivity contribution in [3.05, 3.63) is 53.1 Å². The van der Waals surface area contributed by atoms with Gasteiger partial charge in [-0.25, -0.2) is 9.67 Å². The number of aromatic nitrogens is 4. The van der Waals surface area contributed by atoms with Crippen LogP contribution in [0.25, 0.3) is 11.4 Å². The molecule has 4 N–H and O–H groups in total. The van der Waals surface area contributed by atoms with E-state index in [1.165, 1.54) is 22.6 Å². The average Bonchev–Trinajstić information content (AvgIpc) is 3.66. The van der Waals surface area contributed by atoms with Crippen LogP contribution in [0.1, 0.15) is 64.6 Å². The van der Waals surface area contributed by atoms with Gasteiger partial charge in [-0.2, -0.15) is 5.10 Å². The summed E-state index contributed by atoms with van der Waals surface area (Å²) in [5, 5.41) is 19.5. The molecule has 0 spiro atoms. The highest BCUT2D eigenvalue weighted by Crippen LogP contribution is 2.20. The molecule has 1 aromatic carbocycles. The van der Waals surface area contributed by atoms with Gasteiger partial charge in [0.25, 0.3) is 0 Å². The number of aryl methyl sites for hydroxylation is 1. The fourth-order valence-electron chi connectivity index (χ4n) is 5.18. The summed E-state index contributed by atoms with van der Waals surface area (Å²) in [5.74, 6) is -1.04. The van der Waals surface area contributed by atoms with E-state index in [2.05, 4.69) is 36.5 Å². The number of carbonyl (C=O) groups is 5. The van der Waals surface area contributed by atoms with Gasteiger partial charge in [-0.05, 0) is 32.6 Å². The SMILES string of the molecule is CC(C)C[C@H]1NC(=O)[C@@H](C)NC(=O)CN(C(=O)CCc2cc(Cl)no2)CCCNC(=O)Cn2nc(-c3ccccc3)nc2[C@H](C)NC1=O. The number of hydrogen-bond donors (Lipinski definition) is 4. The van der Waals surface area contributed by atoms with Crippen molar-refractivity contribution in [3.8, 4) is 11.4 Å². The van der Waals surface area contributed by atoms with Crippen molar-refractivity contribution >= 4 is 41.1 Å². The first-order valence-electron chi connectivity index (χ1n) is 16.0. The fraction of sp³-hybridized carbons (Fsp3) is 0.500. The van der Waals surface area contributed by atoms with Gasteiger partial charge in [-0.1, -0.05) is 60.9 Å². The Balaban J connectivity index is 1.58. The number of carbonyl (C=O) groups excluding carboxylic acids is 5. The Bertz CT molecular complexity index is 1590. The summed E-state index contributed by atoms with van der Waals surface area (Å²) in [6, 6.07) is 8.18. The maximum absolute atomic E-state index is 13.5. The van der Waals surface area contributed by atoms with E-state index in [9.17, 15) is 24.0 Å². The van der Waals surface area contributed by atoms with Crippen molar-refractivity contribution in [2.24, 2.45) is 5.92 Å². The Morgan fingerprint density at radius 1 is 1.00 bits per heavy atom. The lowest BCUT2D eigenvalue weighted by molar-refractivity contribution is -0.137.